The number of carbonyl (C=O) groups excluding carboxylic acids is 3. The first-order valence-electron chi connectivity index (χ1n) is 9.80. The van der Waals surface area contributed by atoms with Crippen molar-refractivity contribution in [2.45, 2.75) is 19.6 Å². The summed E-state index contributed by atoms with van der Waals surface area (Å²) in [6, 6.07) is 8.67. The second kappa shape index (κ2) is 8.80. The predicted octanol–water partition coefficient (Wildman–Crippen LogP) is 4.59. The molecule has 7 nitrogen and oxygen atoms in total. The van der Waals surface area contributed by atoms with E-state index in [1.165, 1.54) is 22.9 Å². The molecule has 1 saturated heterocycles. The molecule has 0 unspecified atom stereocenters. The molecule has 1 aliphatic rings. The van der Waals surface area contributed by atoms with Crippen LogP contribution in [0.25, 0.3) is 17.0 Å². The number of thioether (sulfide) groups is 1. The number of imide groups is 1. The lowest BCUT2D eigenvalue weighted by atomic mass is 10.1. The van der Waals surface area contributed by atoms with Gasteiger partial charge < -0.3 is 5.73 Å². The monoisotopic (exact) mass is 508 g/mol. The second-order valence-corrected chi connectivity index (χ2v) is 8.98. The maximum atomic E-state index is 13.5. The van der Waals surface area contributed by atoms with Crippen molar-refractivity contribution in [3.63, 3.8) is 0 Å². The number of rotatable bonds is 5. The molecular weight excluding hydrogens is 493 g/mol. The first-order valence-corrected chi connectivity index (χ1v) is 11.0. The van der Waals surface area contributed by atoms with Gasteiger partial charge in [-0.25, -0.2) is 0 Å². The third-order valence-electron chi connectivity index (χ3n) is 5.14. The van der Waals surface area contributed by atoms with Crippen molar-refractivity contribution < 1.29 is 27.6 Å². The fourth-order valence-corrected chi connectivity index (χ4v) is 4.63. The number of carbonyl (C=O) groups is 3. The Morgan fingerprint density at radius 3 is 2.62 bits per heavy atom. The van der Waals surface area contributed by atoms with Crippen LogP contribution in [0.5, 0.6) is 0 Å². The van der Waals surface area contributed by atoms with Gasteiger partial charge in [-0.2, -0.15) is 18.3 Å². The number of aryl methyl sites for hydroxylation is 1. The molecule has 0 bridgehead atoms. The van der Waals surface area contributed by atoms with Gasteiger partial charge in [-0.3, -0.25) is 24.0 Å². The molecule has 0 aliphatic carbocycles. The number of hydrogen-bond donors (Lipinski definition) is 1. The maximum absolute atomic E-state index is 13.5. The smallest absolute Gasteiger partial charge is 0.368 e. The zero-order valence-corrected chi connectivity index (χ0v) is 19.1. The topological polar surface area (TPSA) is 98.3 Å². The van der Waals surface area contributed by atoms with E-state index < -0.39 is 35.3 Å². The number of amides is 3. The maximum Gasteiger partial charge on any atom is 0.416 e. The summed E-state index contributed by atoms with van der Waals surface area (Å²) < 4.78 is 41.9. The fraction of sp³-hybridized carbons (Fsp3) is 0.182. The van der Waals surface area contributed by atoms with Crippen LogP contribution in [0.2, 0.25) is 5.02 Å². The van der Waals surface area contributed by atoms with Gasteiger partial charge >= 0.3 is 6.18 Å². The number of primary amides is 1. The van der Waals surface area contributed by atoms with Crippen LogP contribution < -0.4 is 5.73 Å². The Balaban J connectivity index is 1.67. The standard InChI is InChI=1S/C22H16ClF3N4O3S/c1-11-15-6-12(7-18-20(32)29(10-19(27)31)21(33)34-18)2-5-17(15)30(28-11)9-13-3-4-14(23)8-16(13)22(24,25)26/h2-8H,9-10H2,1H3,(H2,27,31). The minimum atomic E-state index is -4.57. The van der Waals surface area contributed by atoms with Crippen molar-refractivity contribution in [3.8, 4) is 0 Å². The Kier molecular flexibility index (Phi) is 6.17. The number of nitrogens with zero attached hydrogens (tertiary/aromatic N) is 3. The number of alkyl halides is 3. The molecule has 0 radical (unpaired) electrons. The minimum Gasteiger partial charge on any atom is -0.368 e. The Bertz CT molecular complexity index is 1380. The summed E-state index contributed by atoms with van der Waals surface area (Å²) in [4.78, 5) is 36.4. The van der Waals surface area contributed by atoms with Crippen molar-refractivity contribution >= 4 is 57.4 Å². The first kappa shape index (κ1) is 23.8. The van der Waals surface area contributed by atoms with E-state index in [0.717, 1.165) is 11.0 Å². The summed E-state index contributed by atoms with van der Waals surface area (Å²) in [6.45, 7) is 1.09. The van der Waals surface area contributed by atoms with E-state index in [1.54, 1.807) is 25.1 Å². The molecule has 2 aromatic carbocycles. The summed E-state index contributed by atoms with van der Waals surface area (Å²) >= 11 is 6.46. The lowest BCUT2D eigenvalue weighted by Gasteiger charge is -2.14. The van der Waals surface area contributed by atoms with E-state index in [9.17, 15) is 27.6 Å². The van der Waals surface area contributed by atoms with Gasteiger partial charge in [-0.1, -0.05) is 23.7 Å². The number of nitrogens with two attached hydrogens (primary N) is 1. The van der Waals surface area contributed by atoms with E-state index in [-0.39, 0.29) is 22.0 Å². The van der Waals surface area contributed by atoms with E-state index in [0.29, 0.717) is 33.9 Å². The van der Waals surface area contributed by atoms with Crippen LogP contribution in [0.4, 0.5) is 18.0 Å². The van der Waals surface area contributed by atoms with Crippen molar-refractivity contribution in [2.24, 2.45) is 5.73 Å². The Labute approximate surface area is 200 Å². The van der Waals surface area contributed by atoms with Gasteiger partial charge in [-0.05, 0) is 60.2 Å². The van der Waals surface area contributed by atoms with Gasteiger partial charge in [-0.15, -0.1) is 0 Å². The summed E-state index contributed by atoms with van der Waals surface area (Å²) in [5.74, 6) is -1.42. The molecule has 176 valence electrons. The second-order valence-electron chi connectivity index (χ2n) is 7.55. The SMILES string of the molecule is Cc1nn(Cc2ccc(Cl)cc2C(F)(F)F)c2ccc(C=C3SC(=O)N(CC(N)=O)C3=O)cc12. The highest BCUT2D eigenvalue weighted by Crippen LogP contribution is 2.35. The molecule has 3 aromatic rings. The van der Waals surface area contributed by atoms with Crippen molar-refractivity contribution in [3.05, 3.63) is 68.7 Å². The first-order chi connectivity index (χ1) is 15.9. The van der Waals surface area contributed by atoms with Crippen LogP contribution >= 0.6 is 23.4 Å². The van der Waals surface area contributed by atoms with Gasteiger partial charge in [0.1, 0.15) is 6.54 Å². The molecule has 2 N–H and O–H groups in total. The van der Waals surface area contributed by atoms with Crippen LogP contribution in [0, 0.1) is 6.92 Å². The van der Waals surface area contributed by atoms with Crippen LogP contribution in [0.1, 0.15) is 22.4 Å². The third-order valence-corrected chi connectivity index (χ3v) is 6.28. The largest absolute Gasteiger partial charge is 0.416 e. The lowest BCUT2D eigenvalue weighted by Crippen LogP contribution is -2.36. The molecule has 0 atom stereocenters. The third kappa shape index (κ3) is 4.66. The van der Waals surface area contributed by atoms with Crippen LogP contribution in [0.3, 0.4) is 0 Å². The Hall–Kier alpha value is -3.31. The van der Waals surface area contributed by atoms with E-state index >= 15 is 0 Å². The summed E-state index contributed by atoms with van der Waals surface area (Å²) in [5.41, 5.74) is 6.03. The van der Waals surface area contributed by atoms with Crippen molar-refractivity contribution in [1.82, 2.24) is 14.7 Å². The van der Waals surface area contributed by atoms with E-state index in [2.05, 4.69) is 5.10 Å². The number of hydrogen-bond acceptors (Lipinski definition) is 5. The molecular formula is C22H16ClF3N4O3S. The summed E-state index contributed by atoms with van der Waals surface area (Å²) in [5, 5.41) is 4.45. The van der Waals surface area contributed by atoms with Gasteiger partial charge in [0, 0.05) is 10.4 Å². The van der Waals surface area contributed by atoms with Crippen LogP contribution in [0.15, 0.2) is 41.3 Å². The average molecular weight is 509 g/mol. The van der Waals surface area contributed by atoms with E-state index in [1.807, 2.05) is 0 Å². The molecule has 34 heavy (non-hydrogen) atoms. The number of aromatic nitrogens is 2. The fourth-order valence-electron chi connectivity index (χ4n) is 3.62. The quantitative estimate of drug-likeness (QED) is 0.508. The zero-order valence-electron chi connectivity index (χ0n) is 17.5. The van der Waals surface area contributed by atoms with Gasteiger partial charge in [0.05, 0.1) is 28.2 Å². The molecule has 2 heterocycles. The van der Waals surface area contributed by atoms with Gasteiger partial charge in [0.15, 0.2) is 0 Å². The minimum absolute atomic E-state index is 0.0116. The van der Waals surface area contributed by atoms with Crippen LogP contribution in [-0.4, -0.2) is 38.3 Å². The highest BCUT2D eigenvalue weighted by molar-refractivity contribution is 8.18. The average Bonchev–Trinajstić information content (AvgIpc) is 3.19. The molecule has 1 aromatic heterocycles. The summed E-state index contributed by atoms with van der Waals surface area (Å²) in [6.07, 6.45) is -3.06. The molecule has 0 spiro atoms. The molecule has 1 fully saturated rings. The Morgan fingerprint density at radius 2 is 1.94 bits per heavy atom. The molecule has 4 rings (SSSR count). The van der Waals surface area contributed by atoms with Gasteiger partial charge in [0.2, 0.25) is 5.91 Å². The zero-order chi connectivity index (χ0) is 24.8. The van der Waals surface area contributed by atoms with Crippen molar-refractivity contribution in [1.29, 1.82) is 0 Å². The Morgan fingerprint density at radius 1 is 1.21 bits per heavy atom. The normalized spacial score (nSPS) is 15.7. The van der Waals surface area contributed by atoms with Crippen molar-refractivity contribution in [2.75, 3.05) is 6.54 Å². The molecule has 12 heteroatoms. The highest BCUT2D eigenvalue weighted by Gasteiger charge is 2.36. The number of fused-ring (bicyclic) bond motifs is 1. The molecule has 3 amide bonds. The number of benzene rings is 2. The molecule has 0 saturated carbocycles. The number of halogens is 4. The lowest BCUT2D eigenvalue weighted by molar-refractivity contribution is -0.138. The summed E-state index contributed by atoms with van der Waals surface area (Å²) in [7, 11) is 0. The van der Waals surface area contributed by atoms with E-state index in [4.69, 9.17) is 17.3 Å². The van der Waals surface area contributed by atoms with Crippen LogP contribution in [-0.2, 0) is 22.3 Å². The molecule has 1 aliphatic heterocycles. The predicted molar refractivity (Wildman–Crippen MR) is 122 cm³/mol. The van der Waals surface area contributed by atoms with Gasteiger partial charge in [0.25, 0.3) is 11.1 Å². The highest BCUT2D eigenvalue weighted by atomic mass is 35.5.